The molecule has 3 nitrogen and oxygen atoms in total. The number of hydrogen-bond acceptors (Lipinski definition) is 3. The molecule has 0 aliphatic carbocycles. The number of ketones is 1. The van der Waals surface area contributed by atoms with Crippen LogP contribution in [0.15, 0.2) is 24.3 Å². The summed E-state index contributed by atoms with van der Waals surface area (Å²) in [5.74, 6) is -0.606. The maximum atomic E-state index is 11.4. The second kappa shape index (κ2) is 5.51. The van der Waals surface area contributed by atoms with Gasteiger partial charge >= 0.3 is 5.97 Å². The number of carbonyl (C=O) groups excluding carboxylic acids is 2. The summed E-state index contributed by atoms with van der Waals surface area (Å²) >= 11 is 5.66. The summed E-state index contributed by atoms with van der Waals surface area (Å²) in [5.41, 5.74) is 0.392. The van der Waals surface area contributed by atoms with Crippen molar-refractivity contribution in [3.63, 3.8) is 0 Å². The first-order valence-corrected chi connectivity index (χ1v) is 4.95. The Morgan fingerprint density at radius 3 is 2.40 bits per heavy atom. The maximum Gasteiger partial charge on any atom is 0.338 e. The Morgan fingerprint density at radius 1 is 1.27 bits per heavy atom. The standard InChI is InChI=1S/C11H11ClO3/c1-2-10(13)7-15-11(14)8-3-5-9(12)6-4-8/h3-6H,2,7H2,1H3. The molecule has 4 heteroatoms. The van der Waals surface area contributed by atoms with Crippen LogP contribution < -0.4 is 0 Å². The normalized spacial score (nSPS) is 9.73. The molecule has 0 aromatic heterocycles. The van der Waals surface area contributed by atoms with Crippen LogP contribution >= 0.6 is 11.6 Å². The number of esters is 1. The topological polar surface area (TPSA) is 43.4 Å². The van der Waals surface area contributed by atoms with Crippen molar-refractivity contribution in [2.45, 2.75) is 13.3 Å². The molecule has 0 heterocycles. The molecule has 0 aliphatic rings. The molecule has 0 spiro atoms. The third-order valence-electron chi connectivity index (χ3n) is 1.84. The molecule has 0 saturated carbocycles. The van der Waals surface area contributed by atoms with Gasteiger partial charge in [-0.3, -0.25) is 4.79 Å². The number of benzene rings is 1. The Labute approximate surface area is 93.0 Å². The lowest BCUT2D eigenvalue weighted by molar-refractivity contribution is -0.121. The highest BCUT2D eigenvalue weighted by Gasteiger charge is 2.08. The van der Waals surface area contributed by atoms with E-state index in [1.54, 1.807) is 31.2 Å². The summed E-state index contributed by atoms with van der Waals surface area (Å²) in [7, 11) is 0. The molecular formula is C11H11ClO3. The number of carbonyl (C=O) groups is 2. The van der Waals surface area contributed by atoms with Gasteiger partial charge in [0, 0.05) is 11.4 Å². The fourth-order valence-electron chi connectivity index (χ4n) is 0.917. The molecule has 0 radical (unpaired) electrons. The van der Waals surface area contributed by atoms with E-state index in [0.717, 1.165) is 0 Å². The molecule has 1 rings (SSSR count). The number of halogens is 1. The Morgan fingerprint density at radius 2 is 1.87 bits per heavy atom. The van der Waals surface area contributed by atoms with Gasteiger partial charge in [-0.2, -0.15) is 0 Å². The molecule has 1 aromatic carbocycles. The van der Waals surface area contributed by atoms with Crippen molar-refractivity contribution in [1.29, 1.82) is 0 Å². The lowest BCUT2D eigenvalue weighted by atomic mass is 10.2. The van der Waals surface area contributed by atoms with Crippen LogP contribution in [0.3, 0.4) is 0 Å². The van der Waals surface area contributed by atoms with Gasteiger partial charge < -0.3 is 4.74 Å². The SMILES string of the molecule is CCC(=O)COC(=O)c1ccc(Cl)cc1. The first-order valence-electron chi connectivity index (χ1n) is 4.58. The molecule has 80 valence electrons. The molecule has 15 heavy (non-hydrogen) atoms. The lowest BCUT2D eigenvalue weighted by Crippen LogP contribution is -2.12. The largest absolute Gasteiger partial charge is 0.454 e. The van der Waals surface area contributed by atoms with Crippen LogP contribution in [0.2, 0.25) is 5.02 Å². The predicted octanol–water partition coefficient (Wildman–Crippen LogP) is 2.48. The van der Waals surface area contributed by atoms with Gasteiger partial charge in [-0.15, -0.1) is 0 Å². The number of hydrogen-bond donors (Lipinski definition) is 0. The van der Waals surface area contributed by atoms with Crippen molar-refractivity contribution in [2.24, 2.45) is 0 Å². The first-order chi connectivity index (χ1) is 7.13. The summed E-state index contributed by atoms with van der Waals surface area (Å²) in [6, 6.07) is 6.31. The molecule has 0 saturated heterocycles. The fourth-order valence-corrected chi connectivity index (χ4v) is 1.04. The third kappa shape index (κ3) is 3.72. The molecule has 0 unspecified atom stereocenters. The zero-order chi connectivity index (χ0) is 11.3. The maximum absolute atomic E-state index is 11.4. The zero-order valence-corrected chi connectivity index (χ0v) is 9.08. The van der Waals surface area contributed by atoms with Gasteiger partial charge in [-0.05, 0) is 24.3 Å². The van der Waals surface area contributed by atoms with E-state index >= 15 is 0 Å². The van der Waals surface area contributed by atoms with Crippen LogP contribution in [-0.2, 0) is 9.53 Å². The molecule has 0 aliphatic heterocycles. The van der Waals surface area contributed by atoms with E-state index in [1.807, 2.05) is 0 Å². The van der Waals surface area contributed by atoms with Crippen molar-refractivity contribution in [3.8, 4) is 0 Å². The zero-order valence-electron chi connectivity index (χ0n) is 8.33. The van der Waals surface area contributed by atoms with Crippen LogP contribution in [0, 0.1) is 0 Å². The Balaban J connectivity index is 2.54. The summed E-state index contributed by atoms with van der Waals surface area (Å²) < 4.78 is 4.79. The molecular weight excluding hydrogens is 216 g/mol. The highest BCUT2D eigenvalue weighted by atomic mass is 35.5. The van der Waals surface area contributed by atoms with Gasteiger partial charge in [-0.1, -0.05) is 18.5 Å². The lowest BCUT2D eigenvalue weighted by Gasteiger charge is -2.02. The highest BCUT2D eigenvalue weighted by Crippen LogP contribution is 2.10. The second-order valence-electron chi connectivity index (χ2n) is 2.98. The molecule has 0 N–H and O–H groups in total. The van der Waals surface area contributed by atoms with Crippen molar-refractivity contribution < 1.29 is 14.3 Å². The van der Waals surface area contributed by atoms with E-state index < -0.39 is 5.97 Å². The van der Waals surface area contributed by atoms with Gasteiger partial charge in [0.05, 0.1) is 5.56 Å². The van der Waals surface area contributed by atoms with Crippen LogP contribution in [0.5, 0.6) is 0 Å². The van der Waals surface area contributed by atoms with Crippen molar-refractivity contribution in [3.05, 3.63) is 34.9 Å². The van der Waals surface area contributed by atoms with Crippen LogP contribution in [0.25, 0.3) is 0 Å². The van der Waals surface area contributed by atoms with Crippen LogP contribution in [0.1, 0.15) is 23.7 Å². The predicted molar refractivity (Wildman–Crippen MR) is 57.0 cm³/mol. The fraction of sp³-hybridized carbons (Fsp3) is 0.273. The van der Waals surface area contributed by atoms with Crippen molar-refractivity contribution in [2.75, 3.05) is 6.61 Å². The molecule has 0 amide bonds. The average Bonchev–Trinajstić information content (AvgIpc) is 2.26. The quantitative estimate of drug-likeness (QED) is 0.741. The minimum Gasteiger partial charge on any atom is -0.454 e. The molecule has 0 atom stereocenters. The minimum atomic E-state index is -0.506. The van der Waals surface area contributed by atoms with E-state index in [0.29, 0.717) is 17.0 Å². The van der Waals surface area contributed by atoms with Crippen LogP contribution in [-0.4, -0.2) is 18.4 Å². The molecule has 0 fully saturated rings. The first kappa shape index (κ1) is 11.7. The van der Waals surface area contributed by atoms with Gasteiger partial charge in [0.25, 0.3) is 0 Å². The third-order valence-corrected chi connectivity index (χ3v) is 2.09. The summed E-state index contributed by atoms with van der Waals surface area (Å²) in [6.45, 7) is 1.55. The van der Waals surface area contributed by atoms with Crippen LogP contribution in [0.4, 0.5) is 0 Å². The van der Waals surface area contributed by atoms with Gasteiger partial charge in [0.1, 0.15) is 6.61 Å². The summed E-state index contributed by atoms with van der Waals surface area (Å²) in [5, 5.41) is 0.552. The monoisotopic (exact) mass is 226 g/mol. The smallest absolute Gasteiger partial charge is 0.338 e. The van der Waals surface area contributed by atoms with E-state index in [4.69, 9.17) is 16.3 Å². The summed E-state index contributed by atoms with van der Waals surface area (Å²) in [6.07, 6.45) is 0.369. The van der Waals surface area contributed by atoms with Gasteiger partial charge in [-0.25, -0.2) is 4.79 Å². The van der Waals surface area contributed by atoms with Crippen molar-refractivity contribution >= 4 is 23.4 Å². The van der Waals surface area contributed by atoms with E-state index in [-0.39, 0.29) is 12.4 Å². The molecule has 1 aromatic rings. The van der Waals surface area contributed by atoms with Gasteiger partial charge in [0.2, 0.25) is 0 Å². The Hall–Kier alpha value is -1.35. The second-order valence-corrected chi connectivity index (χ2v) is 3.41. The van der Waals surface area contributed by atoms with E-state index in [9.17, 15) is 9.59 Å². The molecule has 0 bridgehead atoms. The summed E-state index contributed by atoms with van der Waals surface area (Å²) in [4.78, 5) is 22.3. The number of Topliss-reactive ketones (excluding diaryl/α,β-unsaturated/α-hetero) is 1. The number of ether oxygens (including phenoxy) is 1. The van der Waals surface area contributed by atoms with Crippen molar-refractivity contribution in [1.82, 2.24) is 0 Å². The van der Waals surface area contributed by atoms with E-state index in [2.05, 4.69) is 0 Å². The van der Waals surface area contributed by atoms with Gasteiger partial charge in [0.15, 0.2) is 5.78 Å². The highest BCUT2D eigenvalue weighted by molar-refractivity contribution is 6.30. The number of rotatable bonds is 4. The minimum absolute atomic E-state index is 0.0997. The Bertz CT molecular complexity index is 357. The van der Waals surface area contributed by atoms with E-state index in [1.165, 1.54) is 0 Å². The Kier molecular flexibility index (Phi) is 4.31. The average molecular weight is 227 g/mol.